The summed E-state index contributed by atoms with van der Waals surface area (Å²) in [5.74, 6) is 2.53. The summed E-state index contributed by atoms with van der Waals surface area (Å²) >= 11 is 19.9. The Bertz CT molecular complexity index is 377. The molecule has 0 N–H and O–H groups in total. The first-order chi connectivity index (χ1) is 7.15. The van der Waals surface area contributed by atoms with Gasteiger partial charge in [0.05, 0.1) is 14.0 Å². The van der Waals surface area contributed by atoms with Gasteiger partial charge in [-0.2, -0.15) is 0 Å². The smallest absolute Gasteiger partial charge is 0.0991 e. The van der Waals surface area contributed by atoms with Crippen molar-refractivity contribution in [3.05, 3.63) is 20.3 Å². The van der Waals surface area contributed by atoms with Gasteiger partial charge in [-0.25, -0.2) is 0 Å². The van der Waals surface area contributed by atoms with E-state index in [0.717, 1.165) is 26.1 Å². The average Bonchev–Trinajstić information content (AvgIpc) is 2.65. The molecule has 2 aliphatic rings. The maximum atomic E-state index is 6.48. The molecule has 0 spiro atoms. The third-order valence-corrected chi connectivity index (χ3v) is 5.78. The summed E-state index contributed by atoms with van der Waals surface area (Å²) in [6.07, 6.45) is 3.99. The molecule has 4 heteroatoms. The first-order valence-electron chi connectivity index (χ1n) is 5.24. The van der Waals surface area contributed by atoms with Crippen LogP contribution in [0.3, 0.4) is 0 Å². The van der Waals surface area contributed by atoms with Crippen LogP contribution in [0.2, 0.25) is 8.67 Å². The summed E-state index contributed by atoms with van der Waals surface area (Å²) in [6, 6.07) is 1.93. The van der Waals surface area contributed by atoms with Crippen LogP contribution in [0, 0.1) is 17.8 Å². The van der Waals surface area contributed by atoms with Gasteiger partial charge in [0.2, 0.25) is 0 Å². The van der Waals surface area contributed by atoms with E-state index in [4.69, 9.17) is 34.8 Å². The third-order valence-electron chi connectivity index (χ3n) is 3.67. The van der Waals surface area contributed by atoms with Gasteiger partial charge in [0.1, 0.15) is 0 Å². The Morgan fingerprint density at radius 3 is 2.40 bits per heavy atom. The van der Waals surface area contributed by atoms with Crippen molar-refractivity contribution in [2.45, 2.75) is 24.6 Å². The molecule has 0 nitrogen and oxygen atoms in total. The van der Waals surface area contributed by atoms with E-state index in [-0.39, 0.29) is 5.38 Å². The molecule has 1 aromatic heterocycles. The Morgan fingerprint density at radius 1 is 1.20 bits per heavy atom. The van der Waals surface area contributed by atoms with Crippen LogP contribution in [0.15, 0.2) is 6.07 Å². The van der Waals surface area contributed by atoms with Gasteiger partial charge in [-0.15, -0.1) is 22.9 Å². The summed E-state index contributed by atoms with van der Waals surface area (Å²) in [6.45, 7) is 0. The van der Waals surface area contributed by atoms with E-state index < -0.39 is 0 Å². The van der Waals surface area contributed by atoms with Gasteiger partial charge in [0.25, 0.3) is 0 Å². The van der Waals surface area contributed by atoms with Crippen molar-refractivity contribution in [3.63, 3.8) is 0 Å². The zero-order valence-electron chi connectivity index (χ0n) is 8.05. The van der Waals surface area contributed by atoms with Crippen molar-refractivity contribution >= 4 is 46.1 Å². The van der Waals surface area contributed by atoms with Crippen LogP contribution in [-0.2, 0) is 0 Å². The summed E-state index contributed by atoms with van der Waals surface area (Å²) in [5.41, 5.74) is 1.04. The molecule has 0 aliphatic heterocycles. The predicted molar refractivity (Wildman–Crippen MR) is 67.3 cm³/mol. The van der Waals surface area contributed by atoms with Crippen LogP contribution in [0.5, 0.6) is 0 Å². The predicted octanol–water partition coefficient (Wildman–Crippen LogP) is 5.38. The van der Waals surface area contributed by atoms with Crippen LogP contribution in [-0.4, -0.2) is 0 Å². The molecule has 0 radical (unpaired) electrons. The van der Waals surface area contributed by atoms with Gasteiger partial charge in [0, 0.05) is 5.56 Å². The van der Waals surface area contributed by atoms with Gasteiger partial charge < -0.3 is 0 Å². The molecule has 0 bridgehead atoms. The standard InChI is InChI=1S/C11H11Cl3S/c12-9-4-8(11(14)15-9)10(13)7-2-5-1-6(5)3-7/h4-7,10H,1-3H2. The molecule has 3 unspecified atom stereocenters. The molecule has 2 aliphatic carbocycles. The second kappa shape index (κ2) is 3.80. The number of rotatable bonds is 2. The molecule has 15 heavy (non-hydrogen) atoms. The van der Waals surface area contributed by atoms with Crippen LogP contribution in [0.4, 0.5) is 0 Å². The number of hydrogen-bond donors (Lipinski definition) is 0. The Kier molecular flexibility index (Phi) is 2.71. The number of alkyl halides is 1. The number of hydrogen-bond acceptors (Lipinski definition) is 1. The van der Waals surface area contributed by atoms with Gasteiger partial charge in [0.15, 0.2) is 0 Å². The maximum absolute atomic E-state index is 6.48. The fraction of sp³-hybridized carbons (Fsp3) is 0.636. The Hall–Kier alpha value is 0.570. The molecule has 0 aromatic carbocycles. The molecule has 3 rings (SSSR count). The van der Waals surface area contributed by atoms with Crippen LogP contribution in [0.25, 0.3) is 0 Å². The third kappa shape index (κ3) is 1.93. The van der Waals surface area contributed by atoms with E-state index in [1.807, 2.05) is 6.07 Å². The van der Waals surface area contributed by atoms with Crippen molar-refractivity contribution in [1.82, 2.24) is 0 Å². The molecule has 0 saturated heterocycles. The quantitative estimate of drug-likeness (QED) is 0.638. The van der Waals surface area contributed by atoms with Crippen molar-refractivity contribution < 1.29 is 0 Å². The summed E-state index contributed by atoms with van der Waals surface area (Å²) in [4.78, 5) is 0. The first kappa shape index (κ1) is 10.7. The molecule has 2 fully saturated rings. The van der Waals surface area contributed by atoms with E-state index in [2.05, 4.69) is 0 Å². The van der Waals surface area contributed by atoms with Crippen LogP contribution >= 0.6 is 46.1 Å². The largest absolute Gasteiger partial charge is 0.117 e. The minimum Gasteiger partial charge on any atom is -0.117 e. The van der Waals surface area contributed by atoms with Gasteiger partial charge >= 0.3 is 0 Å². The molecular weight excluding hydrogens is 271 g/mol. The van der Waals surface area contributed by atoms with E-state index in [9.17, 15) is 0 Å². The monoisotopic (exact) mass is 280 g/mol. The second-order valence-corrected chi connectivity index (χ2v) is 7.42. The lowest BCUT2D eigenvalue weighted by Crippen LogP contribution is -2.05. The highest BCUT2D eigenvalue weighted by Crippen LogP contribution is 2.59. The molecule has 3 atom stereocenters. The molecule has 82 valence electrons. The fourth-order valence-corrected chi connectivity index (χ4v) is 4.84. The lowest BCUT2D eigenvalue weighted by atomic mass is 9.96. The topological polar surface area (TPSA) is 0 Å². The van der Waals surface area contributed by atoms with Gasteiger partial charge in [-0.05, 0) is 43.1 Å². The highest BCUT2D eigenvalue weighted by atomic mass is 35.5. The number of halogens is 3. The van der Waals surface area contributed by atoms with Crippen LogP contribution in [0.1, 0.15) is 30.2 Å². The SMILES string of the molecule is Clc1cc(C(Cl)C2CC3CC3C2)c(Cl)s1. The van der Waals surface area contributed by atoms with Crippen LogP contribution < -0.4 is 0 Å². The lowest BCUT2D eigenvalue weighted by Gasteiger charge is -2.17. The Balaban J connectivity index is 1.78. The van der Waals surface area contributed by atoms with Crippen molar-refractivity contribution in [2.75, 3.05) is 0 Å². The van der Waals surface area contributed by atoms with Gasteiger partial charge in [-0.3, -0.25) is 0 Å². The lowest BCUT2D eigenvalue weighted by molar-refractivity contribution is 0.472. The minimum atomic E-state index is 0.0639. The van der Waals surface area contributed by atoms with E-state index >= 15 is 0 Å². The average molecular weight is 282 g/mol. The van der Waals surface area contributed by atoms with Crippen molar-refractivity contribution in [1.29, 1.82) is 0 Å². The minimum absolute atomic E-state index is 0.0639. The zero-order valence-corrected chi connectivity index (χ0v) is 11.1. The molecule has 2 saturated carbocycles. The Labute approximate surface area is 109 Å². The number of thiophene rings is 1. The van der Waals surface area contributed by atoms with Crippen molar-refractivity contribution in [3.8, 4) is 0 Å². The highest BCUT2D eigenvalue weighted by molar-refractivity contribution is 7.20. The summed E-state index contributed by atoms with van der Waals surface area (Å²) in [7, 11) is 0. The number of fused-ring (bicyclic) bond motifs is 1. The highest BCUT2D eigenvalue weighted by Gasteiger charge is 2.48. The second-order valence-electron chi connectivity index (χ2n) is 4.67. The Morgan fingerprint density at radius 2 is 1.87 bits per heavy atom. The molecule has 0 amide bonds. The van der Waals surface area contributed by atoms with Crippen molar-refractivity contribution in [2.24, 2.45) is 17.8 Å². The zero-order chi connectivity index (χ0) is 10.6. The molecule has 1 aromatic rings. The maximum Gasteiger partial charge on any atom is 0.0991 e. The van der Waals surface area contributed by atoms with Gasteiger partial charge in [-0.1, -0.05) is 23.2 Å². The van der Waals surface area contributed by atoms with E-state index in [1.54, 1.807) is 0 Å². The fourth-order valence-electron chi connectivity index (χ4n) is 2.80. The molecule has 1 heterocycles. The van der Waals surface area contributed by atoms with E-state index in [0.29, 0.717) is 5.92 Å². The first-order valence-corrected chi connectivity index (χ1v) is 7.25. The summed E-state index contributed by atoms with van der Waals surface area (Å²) in [5, 5.41) is 0.0639. The summed E-state index contributed by atoms with van der Waals surface area (Å²) < 4.78 is 1.50. The van der Waals surface area contributed by atoms with E-state index in [1.165, 1.54) is 30.6 Å². The molecular formula is C11H11Cl3S. The normalized spacial score (nSPS) is 35.3.